The lowest BCUT2D eigenvalue weighted by atomic mass is 9.87. The molecule has 4 aromatic rings. The zero-order valence-corrected chi connectivity index (χ0v) is 57.8. The minimum absolute atomic E-state index is 0.00944. The number of aryl methyl sites for hydroxylation is 1. The number of Topliss-reactive ketones (excluding diaryl/α,β-unsaturated/α-hetero) is 1. The highest BCUT2D eigenvalue weighted by Crippen LogP contribution is 2.44. The van der Waals surface area contributed by atoms with E-state index >= 15 is 0 Å². The number of anilines is 2. The number of benzene rings is 4. The lowest BCUT2D eigenvalue weighted by Gasteiger charge is -2.38. The summed E-state index contributed by atoms with van der Waals surface area (Å²) < 4.78 is 57.1. The van der Waals surface area contributed by atoms with E-state index in [1.54, 1.807) is 13.0 Å². The van der Waals surface area contributed by atoms with Gasteiger partial charge < -0.3 is 114 Å². The largest absolute Gasteiger partial charge is 0.493 e. The van der Waals surface area contributed by atoms with Gasteiger partial charge in [0.15, 0.2) is 41.9 Å². The van der Waals surface area contributed by atoms with Gasteiger partial charge in [0.05, 0.1) is 72.6 Å². The molecule has 33 nitrogen and oxygen atoms in total. The van der Waals surface area contributed by atoms with Crippen LogP contribution < -0.4 is 38.8 Å². The molecular weight excluding hydrogens is 1370 g/mol. The number of aliphatic hydroxyl groups excluding tert-OH is 8. The molecule has 5 amide bonds. The zero-order valence-electron chi connectivity index (χ0n) is 57.8. The topological polar surface area (TPSA) is 456 Å². The smallest absolute Gasteiger partial charge is 0.416 e. The first-order chi connectivity index (χ1) is 49.3. The predicted octanol–water partition coefficient (Wildman–Crippen LogP) is 2.66. The third-order valence-corrected chi connectivity index (χ3v) is 18.3. The molecule has 11 N–H and O–H groups in total. The zero-order chi connectivity index (χ0) is 75.5. The number of aliphatic carboxylic acids is 2. The Labute approximate surface area is 595 Å². The number of carbonyl (C=O) groups excluding carboxylic acids is 6. The Morgan fingerprint density at radius 1 is 0.567 bits per heavy atom. The molecule has 14 atom stereocenters. The second-order valence-corrected chi connectivity index (χ2v) is 27.3. The molecule has 0 spiro atoms. The molecule has 0 radical (unpaired) electrons. The number of carboxylic acid groups (broad SMARTS) is 2. The van der Waals surface area contributed by atoms with Crippen LogP contribution in [0.1, 0.15) is 117 Å². The summed E-state index contributed by atoms with van der Waals surface area (Å²) >= 11 is 0. The van der Waals surface area contributed by atoms with E-state index in [9.17, 15) is 89.4 Å². The number of carboxylic acids is 2. The highest BCUT2D eigenvalue weighted by atomic mass is 16.7. The average Bonchev–Trinajstić information content (AvgIpc) is 1.59. The number of fused-ring (bicyclic) bond motifs is 4. The molecule has 0 aromatic heterocycles. The molecule has 0 aliphatic carbocycles. The number of aliphatic hydroxyl groups is 8. The molecule has 4 fully saturated rings. The first-order valence-electron chi connectivity index (χ1n) is 33.4. The fourth-order valence-electron chi connectivity index (χ4n) is 13.0. The number of unbranched alkanes of at least 4 members (excludes halogenated alkanes) is 2. The standard InChI is InChI=1S/C71H85N5O28/c1-33-20-44-63(87)75(69(93)99-31-36-12-14-47(40(23-36)46(77)28-71(4,5)6)101-67-56(82)52(78)54(80)58(103-67)65(89)90)42-26-49(35(3)22-38(42)61(85)73(44)29-33)97-17-10-9-11-18-98-51-27-43-39(25-50(51)96-8)62(86)74-30-34(2)21-45(74)64(88)76(43)70(94)100-32-37-13-15-48(41(24-37)60(84)72-16-19-95-7)102-68-57(83)53(79)55(81)59(104-68)66(91)92/h12-15,22-27,44-45,52-59,63-64,67-68,78-83,87-88H,1-2,9-11,16-21,28-32H2,3-8H3,(H,72,84)(H,89,90)(H,91,92)/t44-,45-,52-,53-,54-,55-,56+,57+,58-,59-,63?,64?,67+,68+/m0/s1. The molecule has 104 heavy (non-hydrogen) atoms. The van der Waals surface area contributed by atoms with Gasteiger partial charge in [0.1, 0.15) is 67.1 Å². The Morgan fingerprint density at radius 3 is 1.50 bits per heavy atom. The highest BCUT2D eigenvalue weighted by Gasteiger charge is 2.52. The minimum Gasteiger partial charge on any atom is -0.493 e. The van der Waals surface area contributed by atoms with Gasteiger partial charge in [0.25, 0.3) is 17.7 Å². The van der Waals surface area contributed by atoms with Crippen molar-refractivity contribution in [2.24, 2.45) is 5.41 Å². The maximum atomic E-state index is 14.5. The van der Waals surface area contributed by atoms with Crippen molar-refractivity contribution >= 4 is 59.0 Å². The van der Waals surface area contributed by atoms with E-state index in [4.69, 9.17) is 47.4 Å². The van der Waals surface area contributed by atoms with E-state index in [1.807, 2.05) is 20.8 Å². The number of ether oxygens (including phenoxy) is 10. The summed E-state index contributed by atoms with van der Waals surface area (Å²) in [6.07, 6.45) is -23.7. The number of hydrogen-bond acceptors (Lipinski definition) is 26. The number of nitrogens with zero attached hydrogens (tertiary/aromatic N) is 4. The summed E-state index contributed by atoms with van der Waals surface area (Å²) in [5.41, 5.74) is 1.15. The van der Waals surface area contributed by atoms with Crippen LogP contribution in [0.15, 0.2) is 85.0 Å². The maximum absolute atomic E-state index is 14.5. The van der Waals surface area contributed by atoms with Crippen molar-refractivity contribution in [3.05, 3.63) is 124 Å². The van der Waals surface area contributed by atoms with Gasteiger partial charge in [-0.25, -0.2) is 29.0 Å². The quantitative estimate of drug-likeness (QED) is 0.0258. The third-order valence-electron chi connectivity index (χ3n) is 18.3. The van der Waals surface area contributed by atoms with E-state index in [-0.39, 0.29) is 132 Å². The van der Waals surface area contributed by atoms with E-state index in [2.05, 4.69) is 18.5 Å². The molecule has 2 unspecified atom stereocenters. The number of ketones is 1. The van der Waals surface area contributed by atoms with Crippen LogP contribution in [0, 0.1) is 12.3 Å². The van der Waals surface area contributed by atoms with Crippen LogP contribution in [0.4, 0.5) is 21.0 Å². The van der Waals surface area contributed by atoms with Gasteiger partial charge in [-0.2, -0.15) is 0 Å². The van der Waals surface area contributed by atoms with Crippen molar-refractivity contribution in [1.29, 1.82) is 0 Å². The van der Waals surface area contributed by atoms with Gasteiger partial charge in [-0.1, -0.05) is 57.2 Å². The Kier molecular flexibility index (Phi) is 23.9. The first-order valence-corrected chi connectivity index (χ1v) is 33.4. The molecule has 4 aromatic carbocycles. The number of nitrogens with one attached hydrogen (secondary N) is 1. The molecule has 0 bridgehead atoms. The lowest BCUT2D eigenvalue weighted by Crippen LogP contribution is -2.61. The van der Waals surface area contributed by atoms with Crippen LogP contribution in [0.2, 0.25) is 0 Å². The van der Waals surface area contributed by atoms with Gasteiger partial charge >= 0.3 is 24.1 Å². The number of methoxy groups -OCH3 is 2. The number of hydrogen-bond donors (Lipinski definition) is 11. The Morgan fingerprint density at radius 2 is 1.03 bits per heavy atom. The summed E-state index contributed by atoms with van der Waals surface area (Å²) in [6.45, 7) is 14.5. The monoisotopic (exact) mass is 1460 g/mol. The molecule has 0 saturated carbocycles. The highest BCUT2D eigenvalue weighted by molar-refractivity contribution is 6.07. The molecule has 6 aliphatic rings. The van der Waals surface area contributed by atoms with E-state index in [0.29, 0.717) is 36.0 Å². The summed E-state index contributed by atoms with van der Waals surface area (Å²) in [6, 6.07) is 11.8. The molecule has 6 aliphatic heterocycles. The first kappa shape index (κ1) is 77.1. The summed E-state index contributed by atoms with van der Waals surface area (Å²) in [5, 5.41) is 109. The van der Waals surface area contributed by atoms with Gasteiger partial charge in [-0.3, -0.25) is 19.2 Å². The Bertz CT molecular complexity index is 3970. The second kappa shape index (κ2) is 32.2. The van der Waals surface area contributed by atoms with E-state index in [0.717, 1.165) is 9.80 Å². The second-order valence-electron chi connectivity index (χ2n) is 27.3. The van der Waals surface area contributed by atoms with Crippen molar-refractivity contribution in [3.63, 3.8) is 0 Å². The van der Waals surface area contributed by atoms with Gasteiger partial charge in [-0.15, -0.1) is 0 Å². The van der Waals surface area contributed by atoms with Crippen LogP contribution in [0.5, 0.6) is 28.7 Å². The van der Waals surface area contributed by atoms with Gasteiger partial charge in [0.2, 0.25) is 12.6 Å². The summed E-state index contributed by atoms with van der Waals surface area (Å²) in [7, 11) is 2.76. The normalized spacial score (nSPS) is 25.9. The van der Waals surface area contributed by atoms with Crippen LogP contribution in [-0.4, -0.2) is 248 Å². The van der Waals surface area contributed by atoms with Crippen molar-refractivity contribution in [2.45, 2.75) is 165 Å². The molecule has 562 valence electrons. The van der Waals surface area contributed by atoms with Gasteiger partial charge in [0, 0.05) is 45.3 Å². The lowest BCUT2D eigenvalue weighted by molar-refractivity contribution is -0.271. The van der Waals surface area contributed by atoms with Gasteiger partial charge in [-0.05, 0) is 97.5 Å². The average molecular weight is 1460 g/mol. The summed E-state index contributed by atoms with van der Waals surface area (Å²) in [4.78, 5) is 114. The molecule has 33 heteroatoms. The van der Waals surface area contributed by atoms with Crippen molar-refractivity contribution in [1.82, 2.24) is 15.1 Å². The molecule has 4 saturated heterocycles. The minimum atomic E-state index is -2.02. The van der Waals surface area contributed by atoms with Crippen LogP contribution in [0.3, 0.4) is 0 Å². The molecular formula is C71H85N5O28. The van der Waals surface area contributed by atoms with Crippen molar-refractivity contribution in [3.8, 4) is 28.7 Å². The molecule has 6 heterocycles. The van der Waals surface area contributed by atoms with Crippen LogP contribution >= 0.6 is 0 Å². The fraction of sp³-hybridized carbons (Fsp3) is 0.493. The summed E-state index contributed by atoms with van der Waals surface area (Å²) in [5.74, 6) is -5.62. The van der Waals surface area contributed by atoms with Crippen molar-refractivity contribution in [2.75, 3.05) is 63.5 Å². The van der Waals surface area contributed by atoms with Crippen LogP contribution in [-0.2, 0) is 46.5 Å². The number of carbonyl (C=O) groups is 8. The predicted molar refractivity (Wildman–Crippen MR) is 359 cm³/mol. The number of amides is 5. The Balaban J connectivity index is 0.818. The molecule has 10 rings (SSSR count). The Hall–Kier alpha value is -9.52. The number of rotatable bonds is 25. The SMILES string of the molecule is C=C1C[C@H]2C(O)N(C(=O)OCc3ccc(O[C@@H]4O[C@H](C(=O)O)[C@@H](O)[C@H](O)[C@H]4O)c(C(=O)CC(C)(C)C)c3)c3cc(OCCCCCOc4cc5c(cc4OC)C(=O)N4CC(=C)C[C@H]4C(O)N5C(=O)OCc4ccc(O[C@@H]5O[C@H](C(=O)O)[C@@H](O)[C@H](O)[C@H]5O)c(C(=O)NCCOC)c4)c(C)cc3C(=O)N2C1. The van der Waals surface area contributed by atoms with E-state index in [1.165, 1.54) is 78.6 Å². The van der Waals surface area contributed by atoms with E-state index < -0.39 is 152 Å². The van der Waals surface area contributed by atoms with Crippen LogP contribution in [0.25, 0.3) is 0 Å². The maximum Gasteiger partial charge on any atom is 0.416 e. The fourth-order valence-corrected chi connectivity index (χ4v) is 13.0. The van der Waals surface area contributed by atoms with Crippen molar-refractivity contribution < 1.29 is 137 Å². The third kappa shape index (κ3) is 16.5.